The first-order valence-corrected chi connectivity index (χ1v) is 7.73. The zero-order chi connectivity index (χ0) is 14.2. The highest BCUT2D eigenvalue weighted by Gasteiger charge is 2.45. The average Bonchev–Trinajstić information content (AvgIpc) is 3.29. The molecule has 0 amide bonds. The van der Waals surface area contributed by atoms with E-state index in [2.05, 4.69) is 42.3 Å². The summed E-state index contributed by atoms with van der Waals surface area (Å²) in [5.41, 5.74) is 1.59. The Hall–Kier alpha value is -1.06. The summed E-state index contributed by atoms with van der Waals surface area (Å²) in [6.45, 7) is 7.91. The molecule has 3 heteroatoms. The number of hydrogen-bond donors (Lipinski definition) is 1. The fourth-order valence-electron chi connectivity index (χ4n) is 3.40. The summed E-state index contributed by atoms with van der Waals surface area (Å²) in [6, 6.07) is 8.96. The van der Waals surface area contributed by atoms with Gasteiger partial charge in [0.25, 0.3) is 0 Å². The van der Waals surface area contributed by atoms with Gasteiger partial charge in [0.05, 0.1) is 7.11 Å². The Bertz CT molecular complexity index is 472. The number of para-hydroxylation sites is 1. The Kier molecular flexibility index (Phi) is 3.74. The molecule has 3 rings (SSSR count). The maximum atomic E-state index is 5.49. The molecule has 1 saturated heterocycles. The molecule has 1 saturated carbocycles. The highest BCUT2D eigenvalue weighted by Crippen LogP contribution is 2.41. The van der Waals surface area contributed by atoms with E-state index in [4.69, 9.17) is 4.74 Å². The van der Waals surface area contributed by atoms with Crippen LogP contribution in [0, 0.1) is 5.92 Å². The number of hydrogen-bond acceptors (Lipinski definition) is 3. The van der Waals surface area contributed by atoms with Crippen molar-refractivity contribution in [2.45, 2.75) is 44.8 Å². The first-order chi connectivity index (χ1) is 9.62. The number of nitrogens with one attached hydrogen (secondary N) is 1. The molecule has 0 radical (unpaired) electrons. The number of benzene rings is 1. The molecule has 0 aromatic heterocycles. The predicted octanol–water partition coefficient (Wildman–Crippen LogP) is 2.66. The number of nitrogens with zero attached hydrogens (tertiary/aromatic N) is 1. The molecule has 1 heterocycles. The summed E-state index contributed by atoms with van der Waals surface area (Å²) in [4.78, 5) is 2.60. The van der Waals surface area contributed by atoms with Crippen LogP contribution in [0.25, 0.3) is 0 Å². The maximum absolute atomic E-state index is 5.49. The first-order valence-electron chi connectivity index (χ1n) is 7.73. The van der Waals surface area contributed by atoms with Gasteiger partial charge in [-0.05, 0) is 38.7 Å². The minimum Gasteiger partial charge on any atom is -0.496 e. The van der Waals surface area contributed by atoms with Crippen molar-refractivity contribution in [2.75, 3.05) is 20.2 Å². The number of piperazine rings is 1. The molecule has 110 valence electrons. The molecule has 1 aliphatic carbocycles. The molecule has 20 heavy (non-hydrogen) atoms. The van der Waals surface area contributed by atoms with E-state index in [1.54, 1.807) is 7.11 Å². The van der Waals surface area contributed by atoms with Crippen LogP contribution in [0.15, 0.2) is 24.3 Å². The van der Waals surface area contributed by atoms with E-state index in [9.17, 15) is 0 Å². The van der Waals surface area contributed by atoms with E-state index in [-0.39, 0.29) is 0 Å². The lowest BCUT2D eigenvalue weighted by molar-refractivity contribution is 0.0763. The topological polar surface area (TPSA) is 24.5 Å². The van der Waals surface area contributed by atoms with Crippen LogP contribution in [0.4, 0.5) is 0 Å². The number of methoxy groups -OCH3 is 1. The van der Waals surface area contributed by atoms with E-state index < -0.39 is 0 Å². The van der Waals surface area contributed by atoms with Crippen LogP contribution in [0.2, 0.25) is 0 Å². The Balaban J connectivity index is 1.74. The first kappa shape index (κ1) is 13.9. The molecule has 0 spiro atoms. The quantitative estimate of drug-likeness (QED) is 0.913. The van der Waals surface area contributed by atoms with Crippen LogP contribution in [0.5, 0.6) is 5.75 Å². The minimum absolute atomic E-state index is 0.300. The van der Waals surface area contributed by atoms with Crippen molar-refractivity contribution in [1.82, 2.24) is 10.2 Å². The molecular formula is C17H26N2O. The van der Waals surface area contributed by atoms with Gasteiger partial charge in [-0.25, -0.2) is 0 Å². The SMILES string of the molecule is COc1ccccc1CN1CC(C)(C2CC2)NCC1C. The third-order valence-electron chi connectivity index (χ3n) is 5.00. The summed E-state index contributed by atoms with van der Waals surface area (Å²) in [6.07, 6.45) is 2.78. The summed E-state index contributed by atoms with van der Waals surface area (Å²) < 4.78 is 5.49. The Labute approximate surface area is 122 Å². The molecule has 3 nitrogen and oxygen atoms in total. The second-order valence-electron chi connectivity index (χ2n) is 6.64. The molecule has 2 unspecified atom stereocenters. The van der Waals surface area contributed by atoms with Crippen molar-refractivity contribution >= 4 is 0 Å². The lowest BCUT2D eigenvalue weighted by Gasteiger charge is -2.45. The summed E-state index contributed by atoms with van der Waals surface area (Å²) in [7, 11) is 1.76. The molecule has 2 aliphatic rings. The fraction of sp³-hybridized carbons (Fsp3) is 0.647. The van der Waals surface area contributed by atoms with Gasteiger partial charge in [-0.2, -0.15) is 0 Å². The van der Waals surface area contributed by atoms with Crippen molar-refractivity contribution in [3.8, 4) is 5.75 Å². The second-order valence-corrected chi connectivity index (χ2v) is 6.64. The van der Waals surface area contributed by atoms with Gasteiger partial charge in [0.15, 0.2) is 0 Å². The molecule has 1 N–H and O–H groups in total. The maximum Gasteiger partial charge on any atom is 0.123 e. The summed E-state index contributed by atoms with van der Waals surface area (Å²) >= 11 is 0. The monoisotopic (exact) mass is 274 g/mol. The van der Waals surface area contributed by atoms with E-state index in [1.807, 2.05) is 6.07 Å². The number of rotatable bonds is 4. The van der Waals surface area contributed by atoms with Crippen molar-refractivity contribution in [3.05, 3.63) is 29.8 Å². The van der Waals surface area contributed by atoms with Crippen LogP contribution in [0.1, 0.15) is 32.3 Å². The zero-order valence-corrected chi connectivity index (χ0v) is 12.9. The largest absolute Gasteiger partial charge is 0.496 e. The molecule has 1 aromatic carbocycles. The molecule has 2 fully saturated rings. The summed E-state index contributed by atoms with van der Waals surface area (Å²) in [5, 5.41) is 3.78. The van der Waals surface area contributed by atoms with Crippen molar-refractivity contribution in [2.24, 2.45) is 5.92 Å². The van der Waals surface area contributed by atoms with Crippen LogP contribution >= 0.6 is 0 Å². The van der Waals surface area contributed by atoms with Crippen LogP contribution in [-0.2, 0) is 6.54 Å². The Morgan fingerprint density at radius 1 is 1.35 bits per heavy atom. The van der Waals surface area contributed by atoms with Crippen molar-refractivity contribution < 1.29 is 4.74 Å². The van der Waals surface area contributed by atoms with Crippen molar-refractivity contribution in [1.29, 1.82) is 0 Å². The summed E-state index contributed by atoms with van der Waals surface area (Å²) in [5.74, 6) is 1.88. The van der Waals surface area contributed by atoms with E-state index >= 15 is 0 Å². The molecule has 0 bridgehead atoms. The van der Waals surface area contributed by atoms with Crippen LogP contribution in [-0.4, -0.2) is 36.7 Å². The fourth-order valence-corrected chi connectivity index (χ4v) is 3.40. The Morgan fingerprint density at radius 2 is 2.10 bits per heavy atom. The van der Waals surface area contributed by atoms with Gasteiger partial charge in [-0.3, -0.25) is 4.90 Å². The standard InChI is InChI=1S/C17H26N2O/c1-13-10-18-17(2,15-8-9-15)12-19(13)11-14-6-4-5-7-16(14)20-3/h4-7,13,15,18H,8-12H2,1-3H3. The van der Waals surface area contributed by atoms with Gasteiger partial charge in [-0.15, -0.1) is 0 Å². The zero-order valence-electron chi connectivity index (χ0n) is 12.9. The number of ether oxygens (including phenoxy) is 1. The molecular weight excluding hydrogens is 248 g/mol. The third-order valence-corrected chi connectivity index (χ3v) is 5.00. The lowest BCUT2D eigenvalue weighted by atomic mass is 9.91. The van der Waals surface area contributed by atoms with Gasteiger partial charge >= 0.3 is 0 Å². The highest BCUT2D eigenvalue weighted by atomic mass is 16.5. The lowest BCUT2D eigenvalue weighted by Crippen LogP contribution is -2.62. The molecule has 1 aliphatic heterocycles. The normalized spacial score (nSPS) is 31.2. The third kappa shape index (κ3) is 2.70. The van der Waals surface area contributed by atoms with E-state index in [0.717, 1.165) is 31.3 Å². The van der Waals surface area contributed by atoms with Crippen LogP contribution < -0.4 is 10.1 Å². The van der Waals surface area contributed by atoms with Gasteiger partial charge in [0, 0.05) is 36.8 Å². The average molecular weight is 274 g/mol. The van der Waals surface area contributed by atoms with Gasteiger partial charge < -0.3 is 10.1 Å². The molecule has 1 aromatic rings. The second kappa shape index (κ2) is 5.38. The molecule has 2 atom stereocenters. The van der Waals surface area contributed by atoms with Gasteiger partial charge in [0.1, 0.15) is 5.75 Å². The highest BCUT2D eigenvalue weighted by molar-refractivity contribution is 5.33. The predicted molar refractivity (Wildman–Crippen MR) is 82.0 cm³/mol. The van der Waals surface area contributed by atoms with Crippen LogP contribution in [0.3, 0.4) is 0 Å². The Morgan fingerprint density at radius 3 is 2.80 bits per heavy atom. The van der Waals surface area contributed by atoms with Crippen molar-refractivity contribution in [3.63, 3.8) is 0 Å². The van der Waals surface area contributed by atoms with Gasteiger partial charge in [-0.1, -0.05) is 18.2 Å². The minimum atomic E-state index is 0.300. The van der Waals surface area contributed by atoms with E-state index in [0.29, 0.717) is 11.6 Å². The van der Waals surface area contributed by atoms with Gasteiger partial charge in [0.2, 0.25) is 0 Å². The smallest absolute Gasteiger partial charge is 0.123 e. The van der Waals surface area contributed by atoms with E-state index in [1.165, 1.54) is 18.4 Å².